The first-order valence-corrected chi connectivity index (χ1v) is 7.87. The van der Waals surface area contributed by atoms with E-state index in [0.717, 1.165) is 11.8 Å². The van der Waals surface area contributed by atoms with Crippen LogP contribution in [0.4, 0.5) is 0 Å². The Hall–Kier alpha value is -0.0500. The van der Waals surface area contributed by atoms with Gasteiger partial charge in [-0.1, -0.05) is 56.5 Å². The molecular formula is C14H26BrNO. The number of nitrogens with one attached hydrogen (secondary N) is 1. The van der Waals surface area contributed by atoms with E-state index in [2.05, 4.69) is 48.9 Å². The lowest BCUT2D eigenvalue weighted by atomic mass is 9.68. The fraction of sp³-hybridized carbons (Fsp3) is 0.929. The molecule has 100 valence electrons. The number of hydrogen-bond donors (Lipinski definition) is 1. The monoisotopic (exact) mass is 303 g/mol. The molecule has 1 amide bonds. The molecule has 1 aliphatic rings. The number of halogens is 1. The lowest BCUT2D eigenvalue weighted by molar-refractivity contribution is -0.131. The minimum absolute atomic E-state index is 0.163. The van der Waals surface area contributed by atoms with Gasteiger partial charge < -0.3 is 5.32 Å². The Morgan fingerprint density at radius 1 is 1.41 bits per heavy atom. The molecule has 1 aliphatic carbocycles. The number of rotatable bonds is 4. The molecule has 0 bridgehead atoms. The Labute approximate surface area is 114 Å². The van der Waals surface area contributed by atoms with Crippen molar-refractivity contribution in [2.24, 2.45) is 17.3 Å². The molecule has 1 saturated carbocycles. The minimum atomic E-state index is 0.163. The second-order valence-electron chi connectivity index (χ2n) is 6.30. The first-order chi connectivity index (χ1) is 7.88. The summed E-state index contributed by atoms with van der Waals surface area (Å²) in [7, 11) is 0. The van der Waals surface area contributed by atoms with Gasteiger partial charge in [-0.2, -0.15) is 0 Å². The van der Waals surface area contributed by atoms with Crippen molar-refractivity contribution < 1.29 is 4.79 Å². The summed E-state index contributed by atoms with van der Waals surface area (Å²) in [5.74, 6) is 0.925. The van der Waals surface area contributed by atoms with Crippen LogP contribution in [0.3, 0.4) is 0 Å². The third-order valence-electron chi connectivity index (χ3n) is 4.12. The van der Waals surface area contributed by atoms with Crippen LogP contribution in [-0.4, -0.2) is 17.3 Å². The smallest absolute Gasteiger partial charge is 0.223 e. The van der Waals surface area contributed by atoms with Crippen LogP contribution in [0.1, 0.15) is 53.4 Å². The Balaban J connectivity index is 2.62. The highest BCUT2D eigenvalue weighted by Crippen LogP contribution is 2.40. The Kier molecular flexibility index (Phi) is 5.49. The summed E-state index contributed by atoms with van der Waals surface area (Å²) < 4.78 is 0. The van der Waals surface area contributed by atoms with Gasteiger partial charge in [0, 0.05) is 17.3 Å². The number of alkyl halides is 1. The molecule has 0 aromatic rings. The van der Waals surface area contributed by atoms with Crippen molar-refractivity contribution in [3.8, 4) is 0 Å². The highest BCUT2D eigenvalue weighted by atomic mass is 79.9. The second kappa shape index (κ2) is 6.21. The molecule has 17 heavy (non-hydrogen) atoms. The van der Waals surface area contributed by atoms with Crippen LogP contribution in [0.15, 0.2) is 0 Å². The normalized spacial score (nSPS) is 25.6. The van der Waals surface area contributed by atoms with Gasteiger partial charge in [0.2, 0.25) is 5.91 Å². The molecular weight excluding hydrogens is 278 g/mol. The van der Waals surface area contributed by atoms with E-state index in [1.165, 1.54) is 19.3 Å². The van der Waals surface area contributed by atoms with Crippen LogP contribution >= 0.6 is 15.9 Å². The van der Waals surface area contributed by atoms with Crippen molar-refractivity contribution in [3.05, 3.63) is 0 Å². The number of carbonyl (C=O) groups is 1. The van der Waals surface area contributed by atoms with E-state index in [9.17, 15) is 4.79 Å². The van der Waals surface area contributed by atoms with Crippen molar-refractivity contribution >= 4 is 21.8 Å². The summed E-state index contributed by atoms with van der Waals surface area (Å²) >= 11 is 3.48. The summed E-state index contributed by atoms with van der Waals surface area (Å²) in [6.07, 6.45) is 4.68. The van der Waals surface area contributed by atoms with E-state index in [0.29, 0.717) is 5.92 Å². The average Bonchev–Trinajstić information content (AvgIpc) is 2.24. The van der Waals surface area contributed by atoms with Crippen molar-refractivity contribution in [2.45, 2.75) is 59.4 Å². The van der Waals surface area contributed by atoms with E-state index < -0.39 is 0 Å². The lowest BCUT2D eigenvalue weighted by Gasteiger charge is -2.38. The zero-order valence-corrected chi connectivity index (χ0v) is 13.1. The summed E-state index contributed by atoms with van der Waals surface area (Å²) in [5.41, 5.74) is 0.163. The van der Waals surface area contributed by atoms with Gasteiger partial charge in [0.25, 0.3) is 0 Å². The summed E-state index contributed by atoms with van der Waals surface area (Å²) in [5, 5.41) is 4.04. The standard InChI is InChI=1S/C14H26BrNO/c1-10(2)12(9-15)16-13(17)11-7-5-6-8-14(11,3)4/h10-12H,5-9H2,1-4H3,(H,16,17). The van der Waals surface area contributed by atoms with E-state index in [-0.39, 0.29) is 23.3 Å². The molecule has 0 spiro atoms. The molecule has 2 atom stereocenters. The molecule has 0 radical (unpaired) electrons. The summed E-state index contributed by atoms with van der Waals surface area (Å²) in [6.45, 7) is 8.76. The predicted octanol–water partition coefficient (Wildman–Crippen LogP) is 3.74. The molecule has 1 rings (SSSR count). The topological polar surface area (TPSA) is 29.1 Å². The molecule has 2 nitrogen and oxygen atoms in total. The highest BCUT2D eigenvalue weighted by Gasteiger charge is 2.37. The van der Waals surface area contributed by atoms with Crippen molar-refractivity contribution in [1.29, 1.82) is 0 Å². The van der Waals surface area contributed by atoms with Crippen LogP contribution < -0.4 is 5.32 Å². The largest absolute Gasteiger partial charge is 0.352 e. The fourth-order valence-electron chi connectivity index (χ4n) is 2.65. The Bertz CT molecular complexity index is 263. The van der Waals surface area contributed by atoms with Gasteiger partial charge in [-0.3, -0.25) is 4.79 Å². The molecule has 1 fully saturated rings. The molecule has 0 heterocycles. The summed E-state index contributed by atoms with van der Waals surface area (Å²) in [4.78, 5) is 12.4. The number of hydrogen-bond acceptors (Lipinski definition) is 1. The van der Waals surface area contributed by atoms with E-state index in [1.54, 1.807) is 0 Å². The van der Waals surface area contributed by atoms with Crippen LogP contribution in [-0.2, 0) is 4.79 Å². The average molecular weight is 304 g/mol. The van der Waals surface area contributed by atoms with Crippen molar-refractivity contribution in [2.75, 3.05) is 5.33 Å². The van der Waals surface area contributed by atoms with E-state index in [1.807, 2.05) is 0 Å². The van der Waals surface area contributed by atoms with Gasteiger partial charge >= 0.3 is 0 Å². The third kappa shape index (κ3) is 3.97. The van der Waals surface area contributed by atoms with Crippen LogP contribution in [0.2, 0.25) is 0 Å². The fourth-order valence-corrected chi connectivity index (χ4v) is 3.56. The molecule has 0 aromatic carbocycles. The quantitative estimate of drug-likeness (QED) is 0.788. The van der Waals surface area contributed by atoms with Gasteiger partial charge in [-0.25, -0.2) is 0 Å². The second-order valence-corrected chi connectivity index (χ2v) is 6.95. The maximum Gasteiger partial charge on any atom is 0.223 e. The number of amides is 1. The maximum absolute atomic E-state index is 12.4. The van der Waals surface area contributed by atoms with E-state index >= 15 is 0 Å². The Morgan fingerprint density at radius 2 is 2.06 bits per heavy atom. The van der Waals surface area contributed by atoms with Crippen molar-refractivity contribution in [3.63, 3.8) is 0 Å². The first-order valence-electron chi connectivity index (χ1n) is 6.75. The lowest BCUT2D eigenvalue weighted by Crippen LogP contribution is -2.47. The van der Waals surface area contributed by atoms with Gasteiger partial charge in [0.1, 0.15) is 0 Å². The van der Waals surface area contributed by atoms with Crippen molar-refractivity contribution in [1.82, 2.24) is 5.32 Å². The third-order valence-corrected chi connectivity index (χ3v) is 4.82. The van der Waals surface area contributed by atoms with E-state index in [4.69, 9.17) is 0 Å². The molecule has 2 unspecified atom stereocenters. The number of carbonyl (C=O) groups excluding carboxylic acids is 1. The maximum atomic E-state index is 12.4. The first kappa shape index (κ1) is 15.0. The van der Waals surface area contributed by atoms with Gasteiger partial charge in [-0.05, 0) is 24.2 Å². The molecule has 0 aromatic heterocycles. The van der Waals surface area contributed by atoms with Gasteiger partial charge in [0.15, 0.2) is 0 Å². The summed E-state index contributed by atoms with van der Waals surface area (Å²) in [6, 6.07) is 0.250. The van der Waals surface area contributed by atoms with Crippen LogP contribution in [0, 0.1) is 17.3 Å². The highest BCUT2D eigenvalue weighted by molar-refractivity contribution is 9.09. The van der Waals surface area contributed by atoms with Gasteiger partial charge in [-0.15, -0.1) is 0 Å². The molecule has 0 aliphatic heterocycles. The molecule has 3 heteroatoms. The zero-order valence-electron chi connectivity index (χ0n) is 11.6. The Morgan fingerprint density at radius 3 is 2.53 bits per heavy atom. The zero-order chi connectivity index (χ0) is 13.1. The van der Waals surface area contributed by atoms with Gasteiger partial charge in [0.05, 0.1) is 0 Å². The van der Waals surface area contributed by atoms with Crippen LogP contribution in [0.25, 0.3) is 0 Å². The predicted molar refractivity (Wildman–Crippen MR) is 76.3 cm³/mol. The SMILES string of the molecule is CC(C)C(CBr)NC(=O)C1CCCCC1(C)C. The molecule has 1 N–H and O–H groups in total. The minimum Gasteiger partial charge on any atom is -0.352 e. The molecule has 0 saturated heterocycles. The van der Waals surface area contributed by atoms with Crippen LogP contribution in [0.5, 0.6) is 0 Å².